The summed E-state index contributed by atoms with van der Waals surface area (Å²) in [7, 11) is 0.681. The highest BCUT2D eigenvalue weighted by Crippen LogP contribution is 2.36. The molecule has 0 aliphatic heterocycles. The second-order valence-electron chi connectivity index (χ2n) is 5.03. The van der Waals surface area contributed by atoms with Crippen molar-refractivity contribution in [2.24, 2.45) is 0 Å². The molecule has 0 atom stereocenters. The van der Waals surface area contributed by atoms with Gasteiger partial charge in [0.2, 0.25) is 0 Å². The number of hydrogen-bond acceptors (Lipinski definition) is 3. The molecule has 1 aromatic heterocycles. The van der Waals surface area contributed by atoms with E-state index in [0.717, 1.165) is 33.1 Å². The number of rotatable bonds is 3. The Hall–Kier alpha value is -2.72. The predicted octanol–water partition coefficient (Wildman–Crippen LogP) is 4.16. The summed E-state index contributed by atoms with van der Waals surface area (Å²) in [6.45, 7) is 0. The van der Waals surface area contributed by atoms with E-state index in [2.05, 4.69) is 12.1 Å². The molecular formula is C18H12BO3. The van der Waals surface area contributed by atoms with E-state index >= 15 is 0 Å². The first-order valence-corrected chi connectivity index (χ1v) is 7.00. The molecule has 1 heterocycles. The molecular weight excluding hydrogens is 275 g/mol. The van der Waals surface area contributed by atoms with E-state index in [0.29, 0.717) is 13.4 Å². The number of furan rings is 1. The third-order valence-corrected chi connectivity index (χ3v) is 3.74. The number of fused-ring (bicyclic) bond motifs is 3. The number of hydrogen-bond donors (Lipinski definition) is 1. The maximum absolute atomic E-state index is 8.78. The fraction of sp³-hybridized carbons (Fsp3) is 0. The van der Waals surface area contributed by atoms with Gasteiger partial charge in [-0.1, -0.05) is 48.5 Å². The lowest BCUT2D eigenvalue weighted by Gasteiger charge is -2.06. The van der Waals surface area contributed by atoms with Crippen molar-refractivity contribution in [3.63, 3.8) is 0 Å². The molecule has 0 aliphatic rings. The Morgan fingerprint density at radius 3 is 2.59 bits per heavy atom. The highest BCUT2D eigenvalue weighted by molar-refractivity contribution is 6.17. The first-order valence-electron chi connectivity index (χ1n) is 7.00. The maximum Gasteiger partial charge on any atom is 0.569 e. The fourth-order valence-electron chi connectivity index (χ4n) is 2.77. The molecule has 4 heteroatoms. The van der Waals surface area contributed by atoms with Gasteiger partial charge in [-0.3, -0.25) is 0 Å². The zero-order valence-corrected chi connectivity index (χ0v) is 11.7. The van der Waals surface area contributed by atoms with Crippen molar-refractivity contribution in [2.45, 2.75) is 0 Å². The van der Waals surface area contributed by atoms with Gasteiger partial charge < -0.3 is 14.1 Å². The summed E-state index contributed by atoms with van der Waals surface area (Å²) in [5.74, 6) is 0.577. The number of benzene rings is 3. The summed E-state index contributed by atoms with van der Waals surface area (Å²) in [5.41, 5.74) is 3.70. The highest BCUT2D eigenvalue weighted by Gasteiger charge is 2.11. The summed E-state index contributed by atoms with van der Waals surface area (Å²) in [5, 5.41) is 11.0. The van der Waals surface area contributed by atoms with Gasteiger partial charge in [-0.05, 0) is 23.8 Å². The minimum Gasteiger partial charge on any atom is -0.537 e. The van der Waals surface area contributed by atoms with Crippen molar-refractivity contribution in [3.05, 3.63) is 66.7 Å². The molecule has 0 fully saturated rings. The smallest absolute Gasteiger partial charge is 0.537 e. The van der Waals surface area contributed by atoms with E-state index in [1.807, 2.05) is 48.5 Å². The lowest BCUT2D eigenvalue weighted by molar-refractivity contribution is 0.454. The highest BCUT2D eigenvalue weighted by atomic mass is 16.5. The molecule has 1 radical (unpaired) electrons. The van der Waals surface area contributed by atoms with Crippen molar-refractivity contribution in [1.82, 2.24) is 0 Å². The third kappa shape index (κ3) is 2.05. The quantitative estimate of drug-likeness (QED) is 0.575. The van der Waals surface area contributed by atoms with Gasteiger partial charge in [-0.25, -0.2) is 0 Å². The van der Waals surface area contributed by atoms with Crippen LogP contribution in [0.25, 0.3) is 33.1 Å². The van der Waals surface area contributed by atoms with Crippen molar-refractivity contribution in [1.29, 1.82) is 0 Å². The van der Waals surface area contributed by atoms with Crippen LogP contribution < -0.4 is 4.65 Å². The molecule has 0 unspecified atom stereocenters. The fourth-order valence-corrected chi connectivity index (χ4v) is 2.77. The molecule has 4 rings (SSSR count). The molecule has 0 aliphatic carbocycles. The molecule has 0 bridgehead atoms. The first-order chi connectivity index (χ1) is 10.9. The summed E-state index contributed by atoms with van der Waals surface area (Å²) < 4.78 is 11.1. The molecule has 4 aromatic rings. The van der Waals surface area contributed by atoms with Crippen LogP contribution >= 0.6 is 0 Å². The van der Waals surface area contributed by atoms with Crippen LogP contribution in [0.4, 0.5) is 0 Å². The van der Waals surface area contributed by atoms with Crippen molar-refractivity contribution >= 4 is 29.6 Å². The van der Waals surface area contributed by atoms with E-state index in [1.54, 1.807) is 6.07 Å². The Bertz CT molecular complexity index is 959. The number of para-hydroxylation sites is 2. The molecule has 0 saturated carbocycles. The summed E-state index contributed by atoms with van der Waals surface area (Å²) in [4.78, 5) is 0. The zero-order chi connectivity index (χ0) is 14.9. The third-order valence-electron chi connectivity index (χ3n) is 3.74. The SMILES string of the molecule is O[B]Oc1cccc(-c2cccc3c2oc2ccccc23)c1. The monoisotopic (exact) mass is 287 g/mol. The van der Waals surface area contributed by atoms with E-state index in [9.17, 15) is 0 Å². The first kappa shape index (κ1) is 13.0. The minimum atomic E-state index is 0.577. The molecule has 22 heavy (non-hydrogen) atoms. The van der Waals surface area contributed by atoms with Gasteiger partial charge in [0.05, 0.1) is 0 Å². The second-order valence-corrected chi connectivity index (χ2v) is 5.03. The van der Waals surface area contributed by atoms with Crippen LogP contribution in [-0.2, 0) is 0 Å². The topological polar surface area (TPSA) is 42.6 Å². The van der Waals surface area contributed by atoms with Crippen molar-refractivity contribution in [2.75, 3.05) is 0 Å². The van der Waals surface area contributed by atoms with Crippen molar-refractivity contribution < 1.29 is 14.1 Å². The van der Waals surface area contributed by atoms with Gasteiger partial charge in [-0.2, -0.15) is 0 Å². The van der Waals surface area contributed by atoms with Gasteiger partial charge in [-0.15, -0.1) is 0 Å². The zero-order valence-electron chi connectivity index (χ0n) is 11.7. The Labute approximate surface area is 128 Å². The van der Waals surface area contributed by atoms with Gasteiger partial charge in [0.25, 0.3) is 0 Å². The van der Waals surface area contributed by atoms with E-state index in [1.165, 1.54) is 0 Å². The van der Waals surface area contributed by atoms with Crippen LogP contribution in [0.2, 0.25) is 0 Å². The molecule has 1 N–H and O–H groups in total. The molecule has 3 nitrogen and oxygen atoms in total. The Morgan fingerprint density at radius 1 is 0.864 bits per heavy atom. The largest absolute Gasteiger partial charge is 0.569 e. The van der Waals surface area contributed by atoms with E-state index in [4.69, 9.17) is 14.1 Å². The average Bonchev–Trinajstić information content (AvgIpc) is 2.94. The Balaban J connectivity index is 1.97. The molecule has 0 saturated heterocycles. The average molecular weight is 287 g/mol. The van der Waals surface area contributed by atoms with Crippen LogP contribution in [0.3, 0.4) is 0 Å². The van der Waals surface area contributed by atoms with Gasteiger partial charge >= 0.3 is 7.69 Å². The summed E-state index contributed by atoms with van der Waals surface area (Å²) in [6.07, 6.45) is 0. The van der Waals surface area contributed by atoms with Gasteiger partial charge in [0, 0.05) is 16.3 Å². The lowest BCUT2D eigenvalue weighted by atomic mass is 10.0. The van der Waals surface area contributed by atoms with Crippen LogP contribution in [-0.4, -0.2) is 12.7 Å². The Morgan fingerprint density at radius 2 is 1.68 bits per heavy atom. The lowest BCUT2D eigenvalue weighted by Crippen LogP contribution is -1.99. The van der Waals surface area contributed by atoms with Crippen LogP contribution in [0.1, 0.15) is 0 Å². The molecule has 0 spiro atoms. The molecule has 105 valence electrons. The Kier molecular flexibility index (Phi) is 3.09. The predicted molar refractivity (Wildman–Crippen MR) is 87.8 cm³/mol. The van der Waals surface area contributed by atoms with Gasteiger partial charge in [0.15, 0.2) is 0 Å². The van der Waals surface area contributed by atoms with E-state index < -0.39 is 0 Å². The van der Waals surface area contributed by atoms with E-state index in [-0.39, 0.29) is 0 Å². The molecule has 0 amide bonds. The van der Waals surface area contributed by atoms with Crippen LogP contribution in [0.15, 0.2) is 71.1 Å². The normalized spacial score (nSPS) is 11.0. The second kappa shape index (κ2) is 5.24. The standard InChI is InChI=1S/C18H12BO3/c20-19-22-13-6-3-5-12(11-13)14-8-4-9-16-15-7-1-2-10-17(15)21-18(14)16/h1-11,20H. The summed E-state index contributed by atoms with van der Waals surface area (Å²) >= 11 is 0. The van der Waals surface area contributed by atoms with Gasteiger partial charge in [0.1, 0.15) is 16.9 Å². The van der Waals surface area contributed by atoms with Crippen molar-refractivity contribution in [3.8, 4) is 16.9 Å². The maximum atomic E-state index is 8.78. The summed E-state index contributed by atoms with van der Waals surface area (Å²) in [6, 6.07) is 21.6. The van der Waals surface area contributed by atoms with Crippen LogP contribution in [0, 0.1) is 0 Å². The molecule has 3 aromatic carbocycles. The van der Waals surface area contributed by atoms with Crippen LogP contribution in [0.5, 0.6) is 5.75 Å². The minimum absolute atomic E-state index is 0.577.